The largest absolute Gasteiger partial charge is 0.481 e. The first-order valence-corrected chi connectivity index (χ1v) is 7.19. The van der Waals surface area contributed by atoms with Crippen LogP contribution in [0, 0.1) is 17.7 Å². The lowest BCUT2D eigenvalue weighted by Gasteiger charge is -2.29. The molecule has 1 fully saturated rings. The van der Waals surface area contributed by atoms with Crippen LogP contribution in [-0.2, 0) is 16.1 Å². The van der Waals surface area contributed by atoms with Gasteiger partial charge in [0.25, 0.3) is 0 Å². The van der Waals surface area contributed by atoms with Crippen molar-refractivity contribution in [2.24, 2.45) is 11.8 Å². The second kappa shape index (κ2) is 6.70. The molecule has 5 heteroatoms. The minimum Gasteiger partial charge on any atom is -0.481 e. The van der Waals surface area contributed by atoms with Gasteiger partial charge in [-0.05, 0) is 37.0 Å². The summed E-state index contributed by atoms with van der Waals surface area (Å²) in [7, 11) is 1.68. The maximum atomic E-state index is 13.1. The molecular formula is C16H20FNO3. The average Bonchev–Trinajstić information content (AvgIpc) is 2.46. The van der Waals surface area contributed by atoms with Gasteiger partial charge in [0, 0.05) is 19.5 Å². The van der Waals surface area contributed by atoms with Crippen molar-refractivity contribution >= 4 is 11.9 Å². The number of amides is 1. The van der Waals surface area contributed by atoms with E-state index in [1.807, 2.05) is 0 Å². The molecular weight excluding hydrogens is 273 g/mol. The van der Waals surface area contributed by atoms with Crippen LogP contribution in [0.4, 0.5) is 4.39 Å². The van der Waals surface area contributed by atoms with Crippen LogP contribution in [0.3, 0.4) is 0 Å². The summed E-state index contributed by atoms with van der Waals surface area (Å²) in [6, 6.07) is 6.16. The van der Waals surface area contributed by atoms with Gasteiger partial charge in [-0.1, -0.05) is 18.6 Å². The molecule has 1 aliphatic rings. The number of hydrogen-bond acceptors (Lipinski definition) is 2. The van der Waals surface area contributed by atoms with Gasteiger partial charge in [-0.2, -0.15) is 0 Å². The van der Waals surface area contributed by atoms with E-state index in [1.54, 1.807) is 24.1 Å². The molecule has 1 amide bonds. The van der Waals surface area contributed by atoms with Crippen LogP contribution in [0.15, 0.2) is 24.3 Å². The molecule has 1 aromatic carbocycles. The summed E-state index contributed by atoms with van der Waals surface area (Å²) in [4.78, 5) is 25.0. The van der Waals surface area contributed by atoms with Crippen LogP contribution in [0.5, 0.6) is 0 Å². The Morgan fingerprint density at radius 3 is 2.71 bits per heavy atom. The van der Waals surface area contributed by atoms with Gasteiger partial charge < -0.3 is 10.0 Å². The number of halogens is 1. The zero-order chi connectivity index (χ0) is 15.4. The quantitative estimate of drug-likeness (QED) is 0.928. The Balaban J connectivity index is 1.97. The molecule has 0 heterocycles. The number of rotatable bonds is 4. The van der Waals surface area contributed by atoms with Crippen molar-refractivity contribution in [1.29, 1.82) is 0 Å². The van der Waals surface area contributed by atoms with Crippen molar-refractivity contribution < 1.29 is 19.1 Å². The van der Waals surface area contributed by atoms with E-state index in [1.165, 1.54) is 12.1 Å². The summed E-state index contributed by atoms with van der Waals surface area (Å²) in [6.07, 6.45) is 2.55. The fraction of sp³-hybridized carbons (Fsp3) is 0.500. The Morgan fingerprint density at radius 2 is 2.05 bits per heavy atom. The normalized spacial score (nSPS) is 21.8. The Bertz CT molecular complexity index is 532. The standard InChI is InChI=1S/C16H20FNO3/c1-18(10-11-4-2-7-14(17)8-11)15(19)12-5-3-6-13(9-12)16(20)21/h2,4,7-8,12-13H,3,5-6,9-10H2,1H3,(H,20,21)/t12-,13+/m0/s1. The van der Waals surface area contributed by atoms with E-state index in [0.29, 0.717) is 19.4 Å². The van der Waals surface area contributed by atoms with Crippen molar-refractivity contribution in [3.63, 3.8) is 0 Å². The summed E-state index contributed by atoms with van der Waals surface area (Å²) in [6.45, 7) is 0.338. The van der Waals surface area contributed by atoms with Crippen molar-refractivity contribution in [1.82, 2.24) is 4.90 Å². The topological polar surface area (TPSA) is 57.6 Å². The molecule has 1 aliphatic carbocycles. The predicted octanol–water partition coefficient (Wildman–Crippen LogP) is 2.68. The second-order valence-electron chi connectivity index (χ2n) is 5.72. The van der Waals surface area contributed by atoms with Gasteiger partial charge in [0.1, 0.15) is 5.82 Å². The number of benzene rings is 1. The van der Waals surface area contributed by atoms with Crippen molar-refractivity contribution in [3.05, 3.63) is 35.6 Å². The fourth-order valence-corrected chi connectivity index (χ4v) is 2.94. The van der Waals surface area contributed by atoms with Gasteiger partial charge in [0.05, 0.1) is 5.92 Å². The van der Waals surface area contributed by atoms with E-state index < -0.39 is 11.9 Å². The molecule has 1 N–H and O–H groups in total. The Hall–Kier alpha value is -1.91. The lowest BCUT2D eigenvalue weighted by atomic mass is 9.81. The van der Waals surface area contributed by atoms with Gasteiger partial charge in [-0.25, -0.2) is 4.39 Å². The van der Waals surface area contributed by atoms with Crippen molar-refractivity contribution in [3.8, 4) is 0 Å². The van der Waals surface area contributed by atoms with Crippen molar-refractivity contribution in [2.45, 2.75) is 32.2 Å². The maximum absolute atomic E-state index is 13.1. The first-order chi connectivity index (χ1) is 9.97. The third-order valence-corrected chi connectivity index (χ3v) is 4.06. The third kappa shape index (κ3) is 4.03. The second-order valence-corrected chi connectivity index (χ2v) is 5.72. The number of aliphatic carboxylic acids is 1. The minimum absolute atomic E-state index is 0.0507. The highest BCUT2D eigenvalue weighted by atomic mass is 19.1. The third-order valence-electron chi connectivity index (χ3n) is 4.06. The van der Waals surface area contributed by atoms with Gasteiger partial charge in [0.15, 0.2) is 0 Å². The van der Waals surface area contributed by atoms with E-state index in [2.05, 4.69) is 0 Å². The Morgan fingerprint density at radius 1 is 1.33 bits per heavy atom. The highest BCUT2D eigenvalue weighted by Gasteiger charge is 2.32. The molecule has 1 aromatic rings. The number of hydrogen-bond donors (Lipinski definition) is 1. The van der Waals surface area contributed by atoms with Gasteiger partial charge in [0.2, 0.25) is 5.91 Å². The summed E-state index contributed by atoms with van der Waals surface area (Å²) in [5, 5.41) is 9.08. The van der Waals surface area contributed by atoms with E-state index >= 15 is 0 Å². The first-order valence-electron chi connectivity index (χ1n) is 7.19. The van der Waals surface area contributed by atoms with Gasteiger partial charge in [-0.3, -0.25) is 9.59 Å². The van der Waals surface area contributed by atoms with Crippen LogP contribution in [0.25, 0.3) is 0 Å². The lowest BCUT2D eigenvalue weighted by Crippen LogP contribution is -2.36. The Kier molecular flexibility index (Phi) is 4.94. The highest BCUT2D eigenvalue weighted by molar-refractivity contribution is 5.80. The zero-order valence-corrected chi connectivity index (χ0v) is 12.1. The van der Waals surface area contributed by atoms with Crippen LogP contribution in [0.1, 0.15) is 31.2 Å². The molecule has 2 rings (SSSR count). The van der Waals surface area contributed by atoms with E-state index in [0.717, 1.165) is 18.4 Å². The van der Waals surface area contributed by atoms with Crippen LogP contribution in [0.2, 0.25) is 0 Å². The fourth-order valence-electron chi connectivity index (χ4n) is 2.94. The highest BCUT2D eigenvalue weighted by Crippen LogP contribution is 2.30. The van der Waals surface area contributed by atoms with Crippen LogP contribution >= 0.6 is 0 Å². The molecule has 0 unspecified atom stereocenters. The number of carboxylic acid groups (broad SMARTS) is 1. The number of carbonyl (C=O) groups excluding carboxylic acids is 1. The molecule has 0 aliphatic heterocycles. The molecule has 114 valence electrons. The first kappa shape index (κ1) is 15.5. The number of carboxylic acids is 1. The van der Waals surface area contributed by atoms with Crippen LogP contribution in [-0.4, -0.2) is 28.9 Å². The van der Waals surface area contributed by atoms with Gasteiger partial charge >= 0.3 is 5.97 Å². The smallest absolute Gasteiger partial charge is 0.306 e. The lowest BCUT2D eigenvalue weighted by molar-refractivity contribution is -0.145. The molecule has 21 heavy (non-hydrogen) atoms. The SMILES string of the molecule is CN(Cc1cccc(F)c1)C(=O)[C@H]1CCC[C@@H](C(=O)O)C1. The molecule has 0 aromatic heterocycles. The summed E-state index contributed by atoms with van der Waals surface area (Å²) in [5.74, 6) is -1.85. The Labute approximate surface area is 123 Å². The molecule has 1 saturated carbocycles. The minimum atomic E-state index is -0.819. The van der Waals surface area contributed by atoms with E-state index in [-0.39, 0.29) is 17.6 Å². The van der Waals surface area contributed by atoms with E-state index in [9.17, 15) is 14.0 Å². The van der Waals surface area contributed by atoms with Crippen molar-refractivity contribution in [2.75, 3.05) is 7.05 Å². The van der Waals surface area contributed by atoms with Gasteiger partial charge in [-0.15, -0.1) is 0 Å². The molecule has 2 atom stereocenters. The zero-order valence-electron chi connectivity index (χ0n) is 12.1. The average molecular weight is 293 g/mol. The predicted molar refractivity (Wildman–Crippen MR) is 76.0 cm³/mol. The molecule has 0 bridgehead atoms. The summed E-state index contributed by atoms with van der Waals surface area (Å²) >= 11 is 0. The summed E-state index contributed by atoms with van der Waals surface area (Å²) in [5.41, 5.74) is 0.733. The maximum Gasteiger partial charge on any atom is 0.306 e. The van der Waals surface area contributed by atoms with E-state index in [4.69, 9.17) is 5.11 Å². The molecule has 0 spiro atoms. The molecule has 4 nitrogen and oxygen atoms in total. The van der Waals surface area contributed by atoms with Crippen LogP contribution < -0.4 is 0 Å². The molecule has 0 radical (unpaired) electrons. The summed E-state index contributed by atoms with van der Waals surface area (Å²) < 4.78 is 13.1. The number of nitrogens with zero attached hydrogens (tertiary/aromatic N) is 1. The number of carbonyl (C=O) groups is 2. The monoisotopic (exact) mass is 293 g/mol. The molecule has 0 saturated heterocycles.